The molecule has 25 heavy (non-hydrogen) atoms. The highest BCUT2D eigenvalue weighted by atomic mass is 32.2. The lowest BCUT2D eigenvalue weighted by Crippen LogP contribution is -2.46. The molecule has 1 fully saturated rings. The summed E-state index contributed by atoms with van der Waals surface area (Å²) >= 11 is 0. The van der Waals surface area contributed by atoms with Crippen LogP contribution in [0.15, 0.2) is 29.2 Å². The van der Waals surface area contributed by atoms with Crippen molar-refractivity contribution in [2.75, 3.05) is 13.2 Å². The fraction of sp³-hybridized carbons (Fsp3) is 0.529. The van der Waals surface area contributed by atoms with Gasteiger partial charge in [0.1, 0.15) is 0 Å². The number of benzene rings is 1. The van der Waals surface area contributed by atoms with Gasteiger partial charge in [0.05, 0.1) is 10.3 Å². The highest BCUT2D eigenvalue weighted by molar-refractivity contribution is 7.90. The van der Waals surface area contributed by atoms with Gasteiger partial charge in [-0.2, -0.15) is 0 Å². The molecule has 0 aliphatic carbocycles. The monoisotopic (exact) mass is 369 g/mol. The number of rotatable bonds is 7. The summed E-state index contributed by atoms with van der Waals surface area (Å²) in [5.74, 6) is -1.52. The van der Waals surface area contributed by atoms with E-state index < -0.39 is 27.3 Å². The van der Waals surface area contributed by atoms with Crippen molar-refractivity contribution in [3.05, 3.63) is 29.8 Å². The third-order valence-corrected chi connectivity index (χ3v) is 5.88. The maximum Gasteiger partial charge on any atom is 0.303 e. The highest BCUT2D eigenvalue weighted by Gasteiger charge is 2.41. The molecule has 0 spiro atoms. The number of ether oxygens (including phenoxy) is 1. The standard InChI is InChI=1S/C17H23NO6S/c1-13-4-6-14(7-5-13)25(22,23)18-16(21)17(8-2-3-15(19)20)9-11-24-12-10-17/h4-7H,2-3,8-12H2,1H3,(H,18,21)(H,19,20). The van der Waals surface area contributed by atoms with Crippen LogP contribution >= 0.6 is 0 Å². The Bertz CT molecular complexity index is 720. The fourth-order valence-electron chi connectivity index (χ4n) is 2.94. The Morgan fingerprint density at radius 2 is 1.80 bits per heavy atom. The van der Waals surface area contributed by atoms with Crippen LogP contribution in [0.25, 0.3) is 0 Å². The number of hydrogen-bond donors (Lipinski definition) is 2. The zero-order valence-corrected chi connectivity index (χ0v) is 15.0. The van der Waals surface area contributed by atoms with Gasteiger partial charge in [-0.15, -0.1) is 0 Å². The molecule has 0 saturated carbocycles. The fourth-order valence-corrected chi connectivity index (χ4v) is 4.01. The van der Waals surface area contributed by atoms with E-state index in [1.165, 1.54) is 12.1 Å². The number of hydrogen-bond acceptors (Lipinski definition) is 5. The van der Waals surface area contributed by atoms with Crippen LogP contribution in [0.3, 0.4) is 0 Å². The van der Waals surface area contributed by atoms with E-state index in [1.807, 2.05) is 6.92 Å². The number of carboxylic acids is 1. The zero-order chi connectivity index (χ0) is 18.5. The van der Waals surface area contributed by atoms with Crippen molar-refractivity contribution >= 4 is 21.9 Å². The predicted molar refractivity (Wildman–Crippen MR) is 90.5 cm³/mol. The molecule has 1 saturated heterocycles. The van der Waals surface area contributed by atoms with Crippen molar-refractivity contribution < 1.29 is 27.9 Å². The number of sulfonamides is 1. The Kier molecular flexibility index (Phi) is 6.18. The van der Waals surface area contributed by atoms with Gasteiger partial charge in [0.15, 0.2) is 0 Å². The van der Waals surface area contributed by atoms with Crippen LogP contribution in [-0.2, 0) is 24.3 Å². The van der Waals surface area contributed by atoms with E-state index in [4.69, 9.17) is 9.84 Å². The van der Waals surface area contributed by atoms with Gasteiger partial charge < -0.3 is 9.84 Å². The molecule has 0 aromatic heterocycles. The third kappa shape index (κ3) is 5.02. The van der Waals surface area contributed by atoms with Crippen molar-refractivity contribution in [1.29, 1.82) is 0 Å². The van der Waals surface area contributed by atoms with E-state index >= 15 is 0 Å². The van der Waals surface area contributed by atoms with Crippen LogP contribution in [0.1, 0.15) is 37.7 Å². The molecular formula is C17H23NO6S. The summed E-state index contributed by atoms with van der Waals surface area (Å²) in [5.41, 5.74) is 0.00528. The molecule has 2 N–H and O–H groups in total. The van der Waals surface area contributed by atoms with E-state index in [0.29, 0.717) is 38.9 Å². The summed E-state index contributed by atoms with van der Waals surface area (Å²) in [6, 6.07) is 6.23. The number of aryl methyl sites for hydroxylation is 1. The smallest absolute Gasteiger partial charge is 0.303 e. The summed E-state index contributed by atoms with van der Waals surface area (Å²) in [5, 5.41) is 8.80. The van der Waals surface area contributed by atoms with E-state index in [9.17, 15) is 18.0 Å². The first kappa shape index (κ1) is 19.4. The molecule has 1 aromatic rings. The van der Waals surface area contributed by atoms with E-state index in [0.717, 1.165) is 5.56 Å². The van der Waals surface area contributed by atoms with E-state index in [1.54, 1.807) is 12.1 Å². The maximum absolute atomic E-state index is 12.8. The minimum Gasteiger partial charge on any atom is -0.481 e. The second-order valence-corrected chi connectivity index (χ2v) is 8.07. The Hall–Kier alpha value is -1.93. The molecule has 8 heteroatoms. The number of carbonyl (C=O) groups is 2. The largest absolute Gasteiger partial charge is 0.481 e. The topological polar surface area (TPSA) is 110 Å². The van der Waals surface area contributed by atoms with Crippen molar-refractivity contribution in [2.24, 2.45) is 5.41 Å². The molecule has 0 atom stereocenters. The lowest BCUT2D eigenvalue weighted by atomic mass is 9.75. The Morgan fingerprint density at radius 1 is 1.20 bits per heavy atom. The third-order valence-electron chi connectivity index (χ3n) is 4.54. The van der Waals surface area contributed by atoms with Gasteiger partial charge in [0, 0.05) is 19.6 Å². The molecule has 7 nitrogen and oxygen atoms in total. The molecule has 0 radical (unpaired) electrons. The average Bonchev–Trinajstić information content (AvgIpc) is 2.55. The van der Waals surface area contributed by atoms with Gasteiger partial charge in [0.2, 0.25) is 5.91 Å². The number of aliphatic carboxylic acids is 1. The van der Waals surface area contributed by atoms with Gasteiger partial charge in [-0.25, -0.2) is 13.1 Å². The maximum atomic E-state index is 12.8. The molecule has 0 bridgehead atoms. The van der Waals surface area contributed by atoms with Crippen LogP contribution in [0, 0.1) is 12.3 Å². The molecule has 2 rings (SSSR count). The molecule has 1 aliphatic rings. The van der Waals surface area contributed by atoms with Crippen molar-refractivity contribution in [2.45, 2.75) is 43.9 Å². The Balaban J connectivity index is 2.15. The van der Waals surface area contributed by atoms with Crippen molar-refractivity contribution in [3.8, 4) is 0 Å². The molecule has 138 valence electrons. The van der Waals surface area contributed by atoms with Crippen LogP contribution in [0.5, 0.6) is 0 Å². The summed E-state index contributed by atoms with van der Waals surface area (Å²) in [7, 11) is -3.96. The second kappa shape index (κ2) is 7.97. The molecule has 1 amide bonds. The second-order valence-electron chi connectivity index (χ2n) is 6.39. The number of carbonyl (C=O) groups excluding carboxylic acids is 1. The Morgan fingerprint density at radius 3 is 2.36 bits per heavy atom. The zero-order valence-electron chi connectivity index (χ0n) is 14.2. The van der Waals surface area contributed by atoms with Crippen LogP contribution < -0.4 is 4.72 Å². The Labute approximate surface area is 147 Å². The molecule has 1 aromatic carbocycles. The molecule has 0 unspecified atom stereocenters. The normalized spacial score (nSPS) is 17.0. The summed E-state index contributed by atoms with van der Waals surface area (Å²) in [6.45, 7) is 2.55. The number of amides is 1. The number of carboxylic acid groups (broad SMARTS) is 1. The summed E-state index contributed by atoms with van der Waals surface area (Å²) in [4.78, 5) is 23.5. The first-order chi connectivity index (χ1) is 11.8. The SMILES string of the molecule is Cc1ccc(S(=O)(=O)NC(=O)C2(CCCC(=O)O)CCOCC2)cc1. The summed E-state index contributed by atoms with van der Waals surface area (Å²) < 4.78 is 32.4. The van der Waals surface area contributed by atoms with Crippen LogP contribution in [-0.4, -0.2) is 38.6 Å². The van der Waals surface area contributed by atoms with Gasteiger partial charge in [0.25, 0.3) is 10.0 Å². The number of nitrogens with one attached hydrogen (secondary N) is 1. The van der Waals surface area contributed by atoms with E-state index in [2.05, 4.69) is 4.72 Å². The molecule has 1 aliphatic heterocycles. The highest BCUT2D eigenvalue weighted by Crippen LogP contribution is 2.36. The predicted octanol–water partition coefficient (Wildman–Crippen LogP) is 1.85. The molecule has 1 heterocycles. The molecular weight excluding hydrogens is 346 g/mol. The van der Waals surface area contributed by atoms with Gasteiger partial charge >= 0.3 is 5.97 Å². The van der Waals surface area contributed by atoms with Gasteiger partial charge in [-0.3, -0.25) is 9.59 Å². The van der Waals surface area contributed by atoms with Crippen molar-refractivity contribution in [1.82, 2.24) is 4.72 Å². The van der Waals surface area contributed by atoms with E-state index in [-0.39, 0.29) is 11.3 Å². The van der Waals surface area contributed by atoms with Crippen LogP contribution in [0.2, 0.25) is 0 Å². The van der Waals surface area contributed by atoms with Crippen molar-refractivity contribution in [3.63, 3.8) is 0 Å². The first-order valence-corrected chi connectivity index (χ1v) is 9.67. The minimum atomic E-state index is -3.96. The quantitative estimate of drug-likeness (QED) is 0.759. The van der Waals surface area contributed by atoms with Crippen LogP contribution in [0.4, 0.5) is 0 Å². The first-order valence-electron chi connectivity index (χ1n) is 8.19. The lowest BCUT2D eigenvalue weighted by molar-refractivity contribution is -0.139. The summed E-state index contributed by atoms with van der Waals surface area (Å²) in [6.07, 6.45) is 1.33. The average molecular weight is 369 g/mol. The minimum absolute atomic E-state index is 0.0270. The van der Waals surface area contributed by atoms with Gasteiger partial charge in [-0.05, 0) is 44.7 Å². The lowest BCUT2D eigenvalue weighted by Gasteiger charge is -2.35. The van der Waals surface area contributed by atoms with Gasteiger partial charge in [-0.1, -0.05) is 17.7 Å².